The standard InChI is InChI=1S/C10H15N3OS/c1-3-7(2)15-8-4-5-12-9(6-8)10(11)13-14/h4-7,14H,3H2,1-2H3,(H2,11,13). The monoisotopic (exact) mass is 225 g/mol. The van der Waals surface area contributed by atoms with Crippen molar-refractivity contribution in [3.8, 4) is 0 Å². The minimum absolute atomic E-state index is 0.0431. The summed E-state index contributed by atoms with van der Waals surface area (Å²) in [6.45, 7) is 4.30. The van der Waals surface area contributed by atoms with Gasteiger partial charge in [-0.3, -0.25) is 4.98 Å². The highest BCUT2D eigenvalue weighted by molar-refractivity contribution is 7.99. The van der Waals surface area contributed by atoms with Crippen molar-refractivity contribution in [1.82, 2.24) is 4.98 Å². The highest BCUT2D eigenvalue weighted by Crippen LogP contribution is 2.24. The van der Waals surface area contributed by atoms with Gasteiger partial charge in [0.05, 0.1) is 0 Å². The van der Waals surface area contributed by atoms with Gasteiger partial charge in [-0.05, 0) is 18.6 Å². The molecule has 82 valence electrons. The number of rotatable bonds is 4. The Morgan fingerprint density at radius 3 is 3.07 bits per heavy atom. The first kappa shape index (κ1) is 11.8. The Morgan fingerprint density at radius 1 is 1.73 bits per heavy atom. The Labute approximate surface area is 93.6 Å². The second-order valence-corrected chi connectivity index (χ2v) is 4.71. The Kier molecular flexibility index (Phi) is 4.42. The van der Waals surface area contributed by atoms with Crippen LogP contribution in [0.5, 0.6) is 0 Å². The van der Waals surface area contributed by atoms with Gasteiger partial charge in [-0.1, -0.05) is 19.0 Å². The third-order valence-electron chi connectivity index (χ3n) is 2.01. The van der Waals surface area contributed by atoms with Gasteiger partial charge in [0, 0.05) is 16.3 Å². The van der Waals surface area contributed by atoms with Gasteiger partial charge in [0.1, 0.15) is 5.69 Å². The van der Waals surface area contributed by atoms with Crippen molar-refractivity contribution in [3.63, 3.8) is 0 Å². The third kappa shape index (κ3) is 3.43. The second-order valence-electron chi connectivity index (χ2n) is 3.20. The zero-order valence-electron chi connectivity index (χ0n) is 8.84. The predicted molar refractivity (Wildman–Crippen MR) is 62.4 cm³/mol. The zero-order valence-corrected chi connectivity index (χ0v) is 9.66. The molecule has 15 heavy (non-hydrogen) atoms. The number of nitrogens with zero attached hydrogens (tertiary/aromatic N) is 2. The van der Waals surface area contributed by atoms with E-state index in [1.54, 1.807) is 18.0 Å². The van der Waals surface area contributed by atoms with Crippen molar-refractivity contribution in [2.45, 2.75) is 30.4 Å². The van der Waals surface area contributed by atoms with Crippen LogP contribution in [0.15, 0.2) is 28.4 Å². The summed E-state index contributed by atoms with van der Waals surface area (Å²) in [6, 6.07) is 3.75. The van der Waals surface area contributed by atoms with E-state index in [0.29, 0.717) is 10.9 Å². The first-order valence-electron chi connectivity index (χ1n) is 4.78. The predicted octanol–water partition coefficient (Wildman–Crippen LogP) is 2.07. The normalized spacial score (nSPS) is 13.9. The molecule has 0 aliphatic rings. The van der Waals surface area contributed by atoms with Crippen LogP contribution >= 0.6 is 11.8 Å². The molecule has 1 heterocycles. The van der Waals surface area contributed by atoms with Crippen LogP contribution in [0.3, 0.4) is 0 Å². The summed E-state index contributed by atoms with van der Waals surface area (Å²) in [5.74, 6) is 0.0431. The van der Waals surface area contributed by atoms with Crippen LogP contribution < -0.4 is 5.73 Å². The Hall–Kier alpha value is -1.23. The average Bonchev–Trinajstić information content (AvgIpc) is 2.28. The molecule has 0 aliphatic carbocycles. The highest BCUT2D eigenvalue weighted by atomic mass is 32.2. The first-order chi connectivity index (χ1) is 7.17. The molecular formula is C10H15N3OS. The van der Waals surface area contributed by atoms with Crippen LogP contribution in [-0.4, -0.2) is 21.3 Å². The quantitative estimate of drug-likeness (QED) is 0.270. The zero-order chi connectivity index (χ0) is 11.3. The summed E-state index contributed by atoms with van der Waals surface area (Å²) in [5, 5.41) is 12.0. The number of amidine groups is 1. The lowest BCUT2D eigenvalue weighted by Gasteiger charge is -2.08. The van der Waals surface area contributed by atoms with Crippen LogP contribution in [-0.2, 0) is 0 Å². The van der Waals surface area contributed by atoms with Crippen molar-refractivity contribution in [2.24, 2.45) is 10.9 Å². The van der Waals surface area contributed by atoms with Crippen LogP contribution in [0.25, 0.3) is 0 Å². The van der Waals surface area contributed by atoms with Crippen molar-refractivity contribution >= 4 is 17.6 Å². The third-order valence-corrected chi connectivity index (χ3v) is 3.28. The maximum absolute atomic E-state index is 8.52. The lowest BCUT2D eigenvalue weighted by molar-refractivity contribution is 0.318. The van der Waals surface area contributed by atoms with E-state index in [1.165, 1.54) is 0 Å². The lowest BCUT2D eigenvalue weighted by Crippen LogP contribution is -2.14. The summed E-state index contributed by atoms with van der Waals surface area (Å²) in [6.07, 6.45) is 2.77. The molecule has 5 heteroatoms. The fraction of sp³-hybridized carbons (Fsp3) is 0.400. The minimum atomic E-state index is 0.0431. The van der Waals surface area contributed by atoms with Crippen LogP contribution in [0, 0.1) is 0 Å². The molecule has 1 unspecified atom stereocenters. The molecule has 0 saturated carbocycles. The van der Waals surface area contributed by atoms with Crippen LogP contribution in [0.1, 0.15) is 26.0 Å². The molecule has 1 aromatic heterocycles. The number of hydrogen-bond acceptors (Lipinski definition) is 4. The van der Waals surface area contributed by atoms with Gasteiger partial charge in [-0.25, -0.2) is 0 Å². The van der Waals surface area contributed by atoms with E-state index in [9.17, 15) is 0 Å². The fourth-order valence-corrected chi connectivity index (χ4v) is 1.94. The Bertz CT molecular complexity index is 354. The summed E-state index contributed by atoms with van der Waals surface area (Å²) < 4.78 is 0. The maximum Gasteiger partial charge on any atom is 0.188 e. The SMILES string of the molecule is CCC(C)Sc1ccnc(C(N)=NO)c1. The van der Waals surface area contributed by atoms with E-state index in [2.05, 4.69) is 24.0 Å². The Morgan fingerprint density at radius 2 is 2.47 bits per heavy atom. The van der Waals surface area contributed by atoms with E-state index in [0.717, 1.165) is 11.3 Å². The molecule has 0 bridgehead atoms. The molecule has 1 aromatic rings. The molecular weight excluding hydrogens is 210 g/mol. The molecule has 0 aliphatic heterocycles. The molecule has 0 saturated heterocycles. The van der Waals surface area contributed by atoms with Crippen molar-refractivity contribution < 1.29 is 5.21 Å². The molecule has 0 aromatic carbocycles. The number of oxime groups is 1. The number of pyridine rings is 1. The molecule has 0 amide bonds. The van der Waals surface area contributed by atoms with Crippen molar-refractivity contribution in [2.75, 3.05) is 0 Å². The van der Waals surface area contributed by atoms with Crippen molar-refractivity contribution in [3.05, 3.63) is 24.0 Å². The molecule has 3 N–H and O–H groups in total. The maximum atomic E-state index is 8.52. The molecule has 1 rings (SSSR count). The fourth-order valence-electron chi connectivity index (χ4n) is 0.991. The van der Waals surface area contributed by atoms with E-state index >= 15 is 0 Å². The van der Waals surface area contributed by atoms with Gasteiger partial charge in [0.15, 0.2) is 5.84 Å². The molecule has 0 spiro atoms. The van der Waals surface area contributed by atoms with Gasteiger partial charge in [0.25, 0.3) is 0 Å². The summed E-state index contributed by atoms with van der Waals surface area (Å²) in [5.41, 5.74) is 5.96. The van der Waals surface area contributed by atoms with E-state index in [4.69, 9.17) is 10.9 Å². The average molecular weight is 225 g/mol. The molecule has 1 atom stereocenters. The minimum Gasteiger partial charge on any atom is -0.409 e. The smallest absolute Gasteiger partial charge is 0.188 e. The highest BCUT2D eigenvalue weighted by Gasteiger charge is 2.05. The number of hydrogen-bond donors (Lipinski definition) is 2. The van der Waals surface area contributed by atoms with Gasteiger partial charge in [-0.15, -0.1) is 11.8 Å². The first-order valence-corrected chi connectivity index (χ1v) is 5.66. The summed E-state index contributed by atoms with van der Waals surface area (Å²) in [4.78, 5) is 5.10. The van der Waals surface area contributed by atoms with Crippen LogP contribution in [0.2, 0.25) is 0 Å². The largest absolute Gasteiger partial charge is 0.409 e. The summed E-state index contributed by atoms with van der Waals surface area (Å²) in [7, 11) is 0. The Balaban J connectivity index is 2.83. The van der Waals surface area contributed by atoms with Gasteiger partial charge in [-0.2, -0.15) is 0 Å². The summed E-state index contributed by atoms with van der Waals surface area (Å²) >= 11 is 1.75. The number of nitrogens with two attached hydrogens (primary N) is 1. The van der Waals surface area contributed by atoms with E-state index in [-0.39, 0.29) is 5.84 Å². The number of thioether (sulfide) groups is 1. The van der Waals surface area contributed by atoms with E-state index < -0.39 is 0 Å². The van der Waals surface area contributed by atoms with Crippen molar-refractivity contribution in [1.29, 1.82) is 0 Å². The van der Waals surface area contributed by atoms with Crippen LogP contribution in [0.4, 0.5) is 0 Å². The second kappa shape index (κ2) is 5.60. The lowest BCUT2D eigenvalue weighted by atomic mass is 10.3. The van der Waals surface area contributed by atoms with E-state index in [1.807, 2.05) is 12.1 Å². The van der Waals surface area contributed by atoms with Gasteiger partial charge in [0.2, 0.25) is 0 Å². The number of aromatic nitrogens is 1. The van der Waals surface area contributed by atoms with Gasteiger partial charge >= 0.3 is 0 Å². The topological polar surface area (TPSA) is 71.5 Å². The molecule has 4 nitrogen and oxygen atoms in total. The molecule has 0 fully saturated rings. The van der Waals surface area contributed by atoms with Gasteiger partial charge < -0.3 is 10.9 Å². The molecule has 0 radical (unpaired) electrons.